The van der Waals surface area contributed by atoms with Crippen LogP contribution in [0, 0.1) is 18.7 Å². The van der Waals surface area contributed by atoms with Crippen molar-refractivity contribution in [1.29, 1.82) is 0 Å². The number of aliphatic carboxylic acids is 1. The molecule has 0 radical (unpaired) electrons. The number of thioether (sulfide) groups is 1. The lowest BCUT2D eigenvalue weighted by molar-refractivity contribution is -0.143. The van der Waals surface area contributed by atoms with Crippen molar-refractivity contribution in [2.45, 2.75) is 32.5 Å². The average molecular weight is 358 g/mol. The molecule has 1 fully saturated rings. The van der Waals surface area contributed by atoms with Crippen molar-refractivity contribution >= 4 is 45.9 Å². The number of pyridine rings is 1. The second-order valence-electron chi connectivity index (χ2n) is 5.74. The van der Waals surface area contributed by atoms with E-state index in [1.807, 2.05) is 0 Å². The minimum atomic E-state index is -2.40. The summed E-state index contributed by atoms with van der Waals surface area (Å²) in [7, 11) is 0. The lowest BCUT2D eigenvalue weighted by atomic mass is 9.82. The highest BCUT2D eigenvalue weighted by atomic mass is 35.5. The third kappa shape index (κ3) is 3.40. The fourth-order valence-corrected chi connectivity index (χ4v) is 4.30. The number of hydrogen-bond donors (Lipinski definition) is 2. The topological polar surface area (TPSA) is 91.8 Å². The molecule has 6 nitrogen and oxygen atoms in total. The molecule has 1 saturated carbocycles. The lowest BCUT2D eigenvalue weighted by Gasteiger charge is -2.25. The molecule has 0 amide bonds. The molecular formula is C15H19ClN4O2S. The van der Waals surface area contributed by atoms with Gasteiger partial charge in [-0.15, -0.1) is 0 Å². The number of carbonyl (C=O) groups is 1. The Labute approximate surface area is 148 Å². The lowest BCUT2D eigenvalue weighted by Crippen LogP contribution is -2.25. The Morgan fingerprint density at radius 1 is 1.61 bits per heavy atom. The van der Waals surface area contributed by atoms with Gasteiger partial charge in [-0.1, -0.05) is 29.8 Å². The standard InChI is InChI=1S/C15H19ClN4O2S/c1-8-5-11(16)18-13(17)12(8)20-7-23-14(19-20)9-3-2-4-10(6-9)15(21)22/h5,9-10H,2-4,6-7H2,1H3,(H2,17,18)(H,21,22)/i1D3. The molecule has 1 aromatic heterocycles. The van der Waals surface area contributed by atoms with Crippen LogP contribution in [0.15, 0.2) is 11.2 Å². The molecule has 2 atom stereocenters. The first-order valence-corrected chi connectivity index (χ1v) is 8.71. The van der Waals surface area contributed by atoms with Crippen LogP contribution in [0.3, 0.4) is 0 Å². The zero-order valence-electron chi connectivity index (χ0n) is 15.3. The molecule has 3 rings (SSSR count). The molecule has 124 valence electrons. The van der Waals surface area contributed by atoms with E-state index in [4.69, 9.17) is 21.4 Å². The molecule has 0 aromatic carbocycles. The van der Waals surface area contributed by atoms with E-state index in [0.717, 1.165) is 17.9 Å². The van der Waals surface area contributed by atoms with Crippen molar-refractivity contribution in [2.24, 2.45) is 16.9 Å². The van der Waals surface area contributed by atoms with Crippen LogP contribution in [-0.2, 0) is 4.79 Å². The normalized spacial score (nSPS) is 27.1. The number of hydrazone groups is 1. The van der Waals surface area contributed by atoms with Gasteiger partial charge in [-0.25, -0.2) is 4.98 Å². The number of nitrogen functional groups attached to an aromatic ring is 1. The molecule has 8 heteroatoms. The quantitative estimate of drug-likeness (QED) is 0.806. The number of halogens is 1. The fraction of sp³-hybridized carbons (Fsp3) is 0.533. The number of aromatic nitrogens is 1. The predicted molar refractivity (Wildman–Crippen MR) is 93.9 cm³/mol. The van der Waals surface area contributed by atoms with Crippen LogP contribution in [0.25, 0.3) is 0 Å². The van der Waals surface area contributed by atoms with E-state index >= 15 is 0 Å². The smallest absolute Gasteiger partial charge is 0.306 e. The number of anilines is 2. The Kier molecular flexibility index (Phi) is 3.68. The van der Waals surface area contributed by atoms with Crippen molar-refractivity contribution in [3.8, 4) is 0 Å². The highest BCUT2D eigenvalue weighted by Crippen LogP contribution is 2.39. The third-order valence-corrected chi connectivity index (χ3v) is 5.45. The number of rotatable bonds is 3. The van der Waals surface area contributed by atoms with Gasteiger partial charge in [0.2, 0.25) is 0 Å². The molecule has 1 aliphatic heterocycles. The Bertz CT molecular complexity index is 759. The van der Waals surface area contributed by atoms with Crippen molar-refractivity contribution in [2.75, 3.05) is 16.6 Å². The van der Waals surface area contributed by atoms with Gasteiger partial charge in [0.05, 0.1) is 16.8 Å². The van der Waals surface area contributed by atoms with Gasteiger partial charge >= 0.3 is 5.97 Å². The SMILES string of the molecule is [2H]C([2H])([2H])c1cc(Cl)nc(N)c1N1CSC(C2CCCC(C(=O)O)C2)=N1. The number of aryl methyl sites for hydroxylation is 1. The van der Waals surface area contributed by atoms with Crippen molar-refractivity contribution in [3.05, 3.63) is 16.8 Å². The Balaban J connectivity index is 1.90. The highest BCUT2D eigenvalue weighted by molar-refractivity contribution is 8.14. The summed E-state index contributed by atoms with van der Waals surface area (Å²) in [6.45, 7) is -2.40. The van der Waals surface area contributed by atoms with Crippen molar-refractivity contribution in [1.82, 2.24) is 4.98 Å². The van der Waals surface area contributed by atoms with E-state index < -0.39 is 12.8 Å². The molecule has 2 heterocycles. The maximum atomic E-state index is 11.3. The highest BCUT2D eigenvalue weighted by Gasteiger charge is 2.33. The van der Waals surface area contributed by atoms with Crippen LogP contribution in [0.1, 0.15) is 35.4 Å². The van der Waals surface area contributed by atoms with E-state index in [2.05, 4.69) is 10.1 Å². The number of nitrogens with zero attached hydrogens (tertiary/aromatic N) is 3. The molecule has 0 spiro atoms. The molecule has 2 aliphatic rings. The Morgan fingerprint density at radius 3 is 3.17 bits per heavy atom. The van der Waals surface area contributed by atoms with Gasteiger partial charge in [-0.3, -0.25) is 9.80 Å². The van der Waals surface area contributed by atoms with Crippen molar-refractivity contribution < 1.29 is 14.0 Å². The molecule has 2 unspecified atom stereocenters. The first-order chi connectivity index (χ1) is 12.2. The summed E-state index contributed by atoms with van der Waals surface area (Å²) in [6.07, 6.45) is 2.95. The summed E-state index contributed by atoms with van der Waals surface area (Å²) in [5, 5.41) is 16.2. The van der Waals surface area contributed by atoms with Crippen LogP contribution < -0.4 is 10.7 Å². The van der Waals surface area contributed by atoms with Gasteiger partial charge < -0.3 is 10.8 Å². The van der Waals surface area contributed by atoms with Gasteiger partial charge in [0.1, 0.15) is 10.8 Å². The van der Waals surface area contributed by atoms with E-state index in [1.165, 1.54) is 22.8 Å². The first-order valence-electron chi connectivity index (χ1n) is 8.85. The molecule has 0 bridgehead atoms. The summed E-state index contributed by atoms with van der Waals surface area (Å²) in [4.78, 5) is 15.2. The van der Waals surface area contributed by atoms with Gasteiger partial charge in [-0.2, -0.15) is 5.10 Å². The summed E-state index contributed by atoms with van der Waals surface area (Å²) in [5.74, 6) is -0.642. The average Bonchev–Trinajstić information content (AvgIpc) is 3.03. The van der Waals surface area contributed by atoms with Crippen LogP contribution in [0.5, 0.6) is 0 Å². The van der Waals surface area contributed by atoms with Crippen molar-refractivity contribution in [3.63, 3.8) is 0 Å². The van der Waals surface area contributed by atoms with Crippen LogP contribution >= 0.6 is 23.4 Å². The summed E-state index contributed by atoms with van der Waals surface area (Å²) in [6, 6.07) is 1.29. The zero-order valence-corrected chi connectivity index (χ0v) is 13.9. The van der Waals surface area contributed by atoms with E-state index in [9.17, 15) is 9.90 Å². The molecule has 0 saturated heterocycles. The van der Waals surface area contributed by atoms with E-state index in [-0.39, 0.29) is 34.1 Å². The van der Waals surface area contributed by atoms with E-state index in [0.29, 0.717) is 18.7 Å². The maximum Gasteiger partial charge on any atom is 0.306 e. The number of carboxylic acid groups (broad SMARTS) is 1. The van der Waals surface area contributed by atoms with Gasteiger partial charge in [0.15, 0.2) is 5.82 Å². The molecule has 1 aromatic rings. The van der Waals surface area contributed by atoms with Gasteiger partial charge in [0, 0.05) is 10.0 Å². The predicted octanol–water partition coefficient (Wildman–Crippen LogP) is 3.34. The molecule has 1 aliphatic carbocycles. The Hall–Kier alpha value is -1.47. The second kappa shape index (κ2) is 6.57. The minimum absolute atomic E-state index is 0.00709. The molecule has 3 N–H and O–H groups in total. The van der Waals surface area contributed by atoms with Crippen LogP contribution in [0.2, 0.25) is 5.15 Å². The van der Waals surface area contributed by atoms with E-state index in [1.54, 1.807) is 0 Å². The largest absolute Gasteiger partial charge is 0.481 e. The summed E-state index contributed by atoms with van der Waals surface area (Å²) in [5.41, 5.74) is 6.19. The summed E-state index contributed by atoms with van der Waals surface area (Å²) >= 11 is 7.36. The third-order valence-electron chi connectivity index (χ3n) is 4.17. The number of carboxylic acids is 1. The minimum Gasteiger partial charge on any atom is -0.481 e. The number of hydrogen-bond acceptors (Lipinski definition) is 6. The van der Waals surface area contributed by atoms with Crippen LogP contribution in [-0.4, -0.2) is 27.0 Å². The zero-order chi connectivity index (χ0) is 19.1. The Morgan fingerprint density at radius 2 is 2.43 bits per heavy atom. The maximum absolute atomic E-state index is 11.3. The fourth-order valence-electron chi connectivity index (χ4n) is 3.05. The molecular weight excluding hydrogens is 336 g/mol. The van der Waals surface area contributed by atoms with Crippen LogP contribution in [0.4, 0.5) is 11.5 Å². The van der Waals surface area contributed by atoms with Gasteiger partial charge in [0.25, 0.3) is 0 Å². The summed E-state index contributed by atoms with van der Waals surface area (Å²) < 4.78 is 23.2. The second-order valence-corrected chi connectivity index (χ2v) is 7.09. The molecule has 23 heavy (non-hydrogen) atoms. The number of nitrogens with two attached hydrogens (primary N) is 1. The monoisotopic (exact) mass is 357 g/mol. The first kappa shape index (κ1) is 12.9. The van der Waals surface area contributed by atoms with Gasteiger partial charge in [-0.05, 0) is 37.7 Å².